The lowest BCUT2D eigenvalue weighted by molar-refractivity contribution is 0.556. The highest BCUT2D eigenvalue weighted by Crippen LogP contribution is 2.18. The Balaban J connectivity index is 1.97. The van der Waals surface area contributed by atoms with E-state index in [1.807, 2.05) is 7.05 Å². The standard InChI is InChI=1S/C19H33N/c1-3-4-5-6-7-8-9-10-11-12-15-18-16-13-14-17-19(18)20-2/h13-14,16-17,20H,3-12,15H2,1-2H3. The third-order valence-electron chi connectivity index (χ3n) is 4.09. The Hall–Kier alpha value is -0.980. The summed E-state index contributed by atoms with van der Waals surface area (Å²) in [5.41, 5.74) is 2.76. The molecular weight excluding hydrogens is 242 g/mol. The number of hydrogen-bond acceptors (Lipinski definition) is 1. The summed E-state index contributed by atoms with van der Waals surface area (Å²) in [6.45, 7) is 2.28. The van der Waals surface area contributed by atoms with Gasteiger partial charge in [-0.25, -0.2) is 0 Å². The average molecular weight is 275 g/mol. The fraction of sp³-hybridized carbons (Fsp3) is 0.684. The number of benzene rings is 1. The SMILES string of the molecule is CCCCCCCCCCCCc1ccccc1NC. The van der Waals surface area contributed by atoms with Crippen LogP contribution in [-0.4, -0.2) is 7.05 Å². The molecule has 0 saturated heterocycles. The first-order chi connectivity index (χ1) is 9.88. The Kier molecular flexibility index (Phi) is 10.1. The van der Waals surface area contributed by atoms with Crippen molar-refractivity contribution >= 4 is 5.69 Å². The summed E-state index contributed by atoms with van der Waals surface area (Å²) in [6.07, 6.45) is 15.3. The number of hydrogen-bond donors (Lipinski definition) is 1. The molecule has 1 N–H and O–H groups in total. The molecule has 0 heterocycles. The molecule has 0 fully saturated rings. The van der Waals surface area contributed by atoms with Crippen LogP contribution in [0.1, 0.15) is 76.7 Å². The molecule has 1 aromatic rings. The van der Waals surface area contributed by atoms with Crippen molar-refractivity contribution in [3.63, 3.8) is 0 Å². The number of aryl methyl sites for hydroxylation is 1. The minimum Gasteiger partial charge on any atom is -0.388 e. The second-order valence-electron chi connectivity index (χ2n) is 5.84. The molecule has 0 aliphatic rings. The highest BCUT2D eigenvalue weighted by atomic mass is 14.8. The monoisotopic (exact) mass is 275 g/mol. The van der Waals surface area contributed by atoms with Crippen LogP contribution >= 0.6 is 0 Å². The van der Waals surface area contributed by atoms with E-state index in [1.165, 1.54) is 81.9 Å². The maximum absolute atomic E-state index is 3.28. The Morgan fingerprint density at radius 1 is 0.750 bits per heavy atom. The molecule has 1 heteroatoms. The lowest BCUT2D eigenvalue weighted by atomic mass is 10.0. The molecule has 20 heavy (non-hydrogen) atoms. The van der Waals surface area contributed by atoms with Crippen LogP contribution in [0.4, 0.5) is 5.69 Å². The predicted molar refractivity (Wildman–Crippen MR) is 91.5 cm³/mol. The third kappa shape index (κ3) is 7.57. The molecule has 0 aromatic heterocycles. The maximum Gasteiger partial charge on any atom is 0.0370 e. The lowest BCUT2D eigenvalue weighted by Crippen LogP contribution is -1.95. The normalized spacial score (nSPS) is 10.7. The van der Waals surface area contributed by atoms with Crippen molar-refractivity contribution in [2.75, 3.05) is 12.4 Å². The Labute approximate surface area is 126 Å². The zero-order chi connectivity index (χ0) is 14.5. The summed E-state index contributed by atoms with van der Waals surface area (Å²) in [4.78, 5) is 0. The quantitative estimate of drug-likeness (QED) is 0.448. The van der Waals surface area contributed by atoms with Gasteiger partial charge in [0.15, 0.2) is 0 Å². The van der Waals surface area contributed by atoms with Crippen molar-refractivity contribution < 1.29 is 0 Å². The molecule has 0 radical (unpaired) electrons. The highest BCUT2D eigenvalue weighted by Gasteiger charge is 1.99. The molecule has 0 atom stereocenters. The van der Waals surface area contributed by atoms with E-state index in [1.54, 1.807) is 0 Å². The van der Waals surface area contributed by atoms with Gasteiger partial charge in [0, 0.05) is 12.7 Å². The second kappa shape index (κ2) is 11.8. The van der Waals surface area contributed by atoms with Gasteiger partial charge in [-0.15, -0.1) is 0 Å². The van der Waals surface area contributed by atoms with E-state index in [9.17, 15) is 0 Å². The van der Waals surface area contributed by atoms with Crippen molar-refractivity contribution in [1.82, 2.24) is 0 Å². The first kappa shape index (κ1) is 17.1. The number of para-hydroxylation sites is 1. The lowest BCUT2D eigenvalue weighted by Gasteiger charge is -2.08. The smallest absolute Gasteiger partial charge is 0.0370 e. The van der Waals surface area contributed by atoms with E-state index >= 15 is 0 Å². The number of unbranched alkanes of at least 4 members (excludes halogenated alkanes) is 9. The van der Waals surface area contributed by atoms with Gasteiger partial charge in [-0.1, -0.05) is 82.9 Å². The van der Waals surface area contributed by atoms with Crippen molar-refractivity contribution in [2.45, 2.75) is 77.6 Å². The minimum absolute atomic E-state index is 1.22. The van der Waals surface area contributed by atoms with Gasteiger partial charge in [0.2, 0.25) is 0 Å². The maximum atomic E-state index is 3.28. The predicted octanol–water partition coefficient (Wildman–Crippen LogP) is 6.19. The molecule has 114 valence electrons. The van der Waals surface area contributed by atoms with Gasteiger partial charge in [-0.3, -0.25) is 0 Å². The zero-order valence-corrected chi connectivity index (χ0v) is 13.6. The molecule has 0 aliphatic carbocycles. The molecule has 0 bridgehead atoms. The van der Waals surface area contributed by atoms with Crippen LogP contribution in [0.25, 0.3) is 0 Å². The van der Waals surface area contributed by atoms with Gasteiger partial charge in [0.1, 0.15) is 0 Å². The van der Waals surface area contributed by atoms with Crippen LogP contribution in [0.2, 0.25) is 0 Å². The largest absolute Gasteiger partial charge is 0.388 e. The first-order valence-corrected chi connectivity index (χ1v) is 8.64. The van der Waals surface area contributed by atoms with Crippen molar-refractivity contribution in [1.29, 1.82) is 0 Å². The van der Waals surface area contributed by atoms with Gasteiger partial charge in [0.05, 0.1) is 0 Å². The van der Waals surface area contributed by atoms with Gasteiger partial charge in [-0.05, 0) is 24.5 Å². The summed E-state index contributed by atoms with van der Waals surface area (Å²) in [7, 11) is 2.01. The molecule has 0 saturated carbocycles. The second-order valence-corrected chi connectivity index (χ2v) is 5.84. The molecule has 1 nitrogen and oxygen atoms in total. The van der Waals surface area contributed by atoms with E-state index < -0.39 is 0 Å². The van der Waals surface area contributed by atoms with E-state index in [2.05, 4.69) is 36.5 Å². The van der Waals surface area contributed by atoms with Crippen LogP contribution in [0.3, 0.4) is 0 Å². The topological polar surface area (TPSA) is 12.0 Å². The van der Waals surface area contributed by atoms with Crippen molar-refractivity contribution in [2.24, 2.45) is 0 Å². The molecule has 1 rings (SSSR count). The van der Waals surface area contributed by atoms with E-state index in [-0.39, 0.29) is 0 Å². The van der Waals surface area contributed by atoms with Crippen LogP contribution in [0.5, 0.6) is 0 Å². The molecule has 0 spiro atoms. The Morgan fingerprint density at radius 3 is 1.90 bits per heavy atom. The zero-order valence-electron chi connectivity index (χ0n) is 13.6. The van der Waals surface area contributed by atoms with Gasteiger partial charge in [-0.2, -0.15) is 0 Å². The molecular formula is C19H33N. The van der Waals surface area contributed by atoms with Gasteiger partial charge >= 0.3 is 0 Å². The summed E-state index contributed by atoms with van der Waals surface area (Å²) >= 11 is 0. The third-order valence-corrected chi connectivity index (χ3v) is 4.09. The summed E-state index contributed by atoms with van der Waals surface area (Å²) in [5.74, 6) is 0. The van der Waals surface area contributed by atoms with E-state index in [0.717, 1.165) is 0 Å². The van der Waals surface area contributed by atoms with E-state index in [0.29, 0.717) is 0 Å². The van der Waals surface area contributed by atoms with Gasteiger partial charge in [0.25, 0.3) is 0 Å². The van der Waals surface area contributed by atoms with Crippen LogP contribution in [0.15, 0.2) is 24.3 Å². The van der Waals surface area contributed by atoms with Crippen molar-refractivity contribution in [3.8, 4) is 0 Å². The number of rotatable bonds is 12. The number of anilines is 1. The summed E-state index contributed by atoms with van der Waals surface area (Å²) in [5, 5.41) is 3.28. The Bertz CT molecular complexity index is 332. The fourth-order valence-corrected chi connectivity index (χ4v) is 2.79. The Morgan fingerprint density at radius 2 is 1.30 bits per heavy atom. The van der Waals surface area contributed by atoms with Crippen molar-refractivity contribution in [3.05, 3.63) is 29.8 Å². The summed E-state index contributed by atoms with van der Waals surface area (Å²) in [6, 6.07) is 8.67. The van der Waals surface area contributed by atoms with Crippen LogP contribution in [-0.2, 0) is 6.42 Å². The number of nitrogens with one attached hydrogen (secondary N) is 1. The summed E-state index contributed by atoms with van der Waals surface area (Å²) < 4.78 is 0. The van der Waals surface area contributed by atoms with E-state index in [4.69, 9.17) is 0 Å². The van der Waals surface area contributed by atoms with Crippen LogP contribution < -0.4 is 5.32 Å². The first-order valence-electron chi connectivity index (χ1n) is 8.64. The molecule has 0 unspecified atom stereocenters. The molecule has 0 amide bonds. The van der Waals surface area contributed by atoms with Crippen LogP contribution in [0, 0.1) is 0 Å². The fourth-order valence-electron chi connectivity index (χ4n) is 2.79. The minimum atomic E-state index is 1.22. The average Bonchev–Trinajstić information content (AvgIpc) is 2.49. The highest BCUT2D eigenvalue weighted by molar-refractivity contribution is 5.50. The molecule has 1 aromatic carbocycles. The van der Waals surface area contributed by atoms with Gasteiger partial charge < -0.3 is 5.32 Å². The molecule has 0 aliphatic heterocycles.